The second-order valence-electron chi connectivity index (χ2n) is 7.47. The van der Waals surface area contributed by atoms with Gasteiger partial charge in [-0.15, -0.1) is 0 Å². The minimum atomic E-state index is -0.648. The maximum atomic E-state index is 13.6. The van der Waals surface area contributed by atoms with Gasteiger partial charge in [0.25, 0.3) is 0 Å². The Bertz CT molecular complexity index is 1020. The quantitative estimate of drug-likeness (QED) is 0.682. The molecule has 144 valence electrons. The monoisotopic (exact) mass is 383 g/mol. The van der Waals surface area contributed by atoms with Crippen molar-refractivity contribution in [3.63, 3.8) is 0 Å². The van der Waals surface area contributed by atoms with Crippen LogP contribution in [-0.4, -0.2) is 27.1 Å². The van der Waals surface area contributed by atoms with Gasteiger partial charge in [0.15, 0.2) is 0 Å². The van der Waals surface area contributed by atoms with E-state index in [1.165, 1.54) is 17.2 Å². The highest BCUT2D eigenvalue weighted by Crippen LogP contribution is 2.43. The van der Waals surface area contributed by atoms with Gasteiger partial charge in [0.05, 0.1) is 30.0 Å². The summed E-state index contributed by atoms with van der Waals surface area (Å²) in [5.74, 6) is -1.58. The van der Waals surface area contributed by atoms with Crippen LogP contribution in [0.3, 0.4) is 0 Å². The van der Waals surface area contributed by atoms with Crippen LogP contribution in [0.4, 0.5) is 8.78 Å². The van der Waals surface area contributed by atoms with Gasteiger partial charge in [-0.25, -0.2) is 18.8 Å². The van der Waals surface area contributed by atoms with Crippen molar-refractivity contribution >= 4 is 16.9 Å². The third kappa shape index (κ3) is 2.86. The topological polar surface area (TPSA) is 47.4 Å². The van der Waals surface area contributed by atoms with Crippen molar-refractivity contribution in [3.8, 4) is 0 Å². The van der Waals surface area contributed by atoms with E-state index >= 15 is 0 Å². The summed E-state index contributed by atoms with van der Waals surface area (Å²) >= 11 is 0. The molecule has 1 aliphatic heterocycles. The molecule has 2 aliphatic rings. The summed E-state index contributed by atoms with van der Waals surface area (Å²) < 4.78 is 29.3. The number of para-hydroxylation sites is 2. The number of imidazole rings is 1. The fraction of sp³-hybridized carbons (Fsp3) is 0.333. The molecule has 28 heavy (non-hydrogen) atoms. The summed E-state index contributed by atoms with van der Waals surface area (Å²) in [5.41, 5.74) is 2.43. The standard InChI is InChI=1S/C21H19F2N3O2/c22-15-7-13(8-16(23)11-15)19-5-6-28-26(19)21(27)14-9-17(10-14)25-12-24-18-3-1-2-4-20(18)25/h1-4,7-8,11-12,14,17,19H,5-6,9-10H2/t14-,17+,19-/m0/s1. The van der Waals surface area contributed by atoms with Crippen LogP contribution in [0.15, 0.2) is 48.8 Å². The minimum Gasteiger partial charge on any atom is -0.327 e. The first-order valence-electron chi connectivity index (χ1n) is 9.43. The number of amides is 1. The maximum absolute atomic E-state index is 13.6. The molecule has 1 saturated carbocycles. The first kappa shape index (κ1) is 17.3. The van der Waals surface area contributed by atoms with Crippen molar-refractivity contribution in [2.45, 2.75) is 31.3 Å². The maximum Gasteiger partial charge on any atom is 0.249 e. The average Bonchev–Trinajstić information content (AvgIpc) is 3.27. The number of carbonyl (C=O) groups excluding carboxylic acids is 1. The SMILES string of the molecule is O=C([C@H]1C[C@@H](n2cnc3ccccc32)C1)N1OCC[C@H]1c1cc(F)cc(F)c1. The van der Waals surface area contributed by atoms with E-state index in [-0.39, 0.29) is 17.9 Å². The van der Waals surface area contributed by atoms with Crippen molar-refractivity contribution < 1.29 is 18.4 Å². The second-order valence-corrected chi connectivity index (χ2v) is 7.47. The van der Waals surface area contributed by atoms with Gasteiger partial charge in [-0.05, 0) is 42.7 Å². The van der Waals surface area contributed by atoms with Crippen LogP contribution in [0, 0.1) is 17.6 Å². The third-order valence-corrected chi connectivity index (χ3v) is 5.73. The van der Waals surface area contributed by atoms with Crippen LogP contribution >= 0.6 is 0 Å². The zero-order valence-corrected chi connectivity index (χ0v) is 15.1. The van der Waals surface area contributed by atoms with Crippen LogP contribution in [-0.2, 0) is 9.63 Å². The van der Waals surface area contributed by atoms with Gasteiger partial charge in [-0.3, -0.25) is 9.63 Å². The molecule has 7 heteroatoms. The molecule has 2 aromatic carbocycles. The zero-order chi connectivity index (χ0) is 19.3. The highest BCUT2D eigenvalue weighted by molar-refractivity contribution is 5.80. The average molecular weight is 383 g/mol. The van der Waals surface area contributed by atoms with E-state index in [1.807, 2.05) is 30.6 Å². The normalized spacial score (nSPS) is 24.5. The number of hydrogen-bond acceptors (Lipinski definition) is 3. The highest BCUT2D eigenvalue weighted by Gasteiger charge is 2.42. The number of benzene rings is 2. The van der Waals surface area contributed by atoms with Crippen molar-refractivity contribution in [2.75, 3.05) is 6.61 Å². The van der Waals surface area contributed by atoms with Crippen molar-refractivity contribution in [3.05, 3.63) is 66.0 Å². The van der Waals surface area contributed by atoms with Gasteiger partial charge >= 0.3 is 0 Å². The Balaban J connectivity index is 1.30. The number of hydroxylamine groups is 2. The summed E-state index contributed by atoms with van der Waals surface area (Å²) in [4.78, 5) is 22.9. The van der Waals surface area contributed by atoms with Crippen LogP contribution in [0.2, 0.25) is 0 Å². The third-order valence-electron chi connectivity index (χ3n) is 5.73. The smallest absolute Gasteiger partial charge is 0.249 e. The number of carbonyl (C=O) groups is 1. The Morgan fingerprint density at radius 1 is 1.11 bits per heavy atom. The Hall–Kier alpha value is -2.80. The van der Waals surface area contributed by atoms with Gasteiger partial charge in [0, 0.05) is 24.4 Å². The number of nitrogens with zero attached hydrogens (tertiary/aromatic N) is 3. The van der Waals surface area contributed by atoms with Gasteiger partial charge < -0.3 is 4.57 Å². The second kappa shape index (κ2) is 6.67. The van der Waals surface area contributed by atoms with Gasteiger partial charge in [0.1, 0.15) is 11.6 Å². The van der Waals surface area contributed by atoms with E-state index < -0.39 is 17.7 Å². The highest BCUT2D eigenvalue weighted by atomic mass is 19.1. The first-order chi connectivity index (χ1) is 13.6. The van der Waals surface area contributed by atoms with Crippen molar-refractivity contribution in [1.82, 2.24) is 14.6 Å². The minimum absolute atomic E-state index is 0.118. The summed E-state index contributed by atoms with van der Waals surface area (Å²) in [6.45, 7) is 0.358. The molecule has 0 bridgehead atoms. The Morgan fingerprint density at radius 2 is 1.86 bits per heavy atom. The Morgan fingerprint density at radius 3 is 2.64 bits per heavy atom. The molecule has 3 aromatic rings. The fourth-order valence-corrected chi connectivity index (χ4v) is 4.22. The molecule has 1 amide bonds. The summed E-state index contributed by atoms with van der Waals surface area (Å²) in [5, 5.41) is 1.32. The van der Waals surface area contributed by atoms with Crippen LogP contribution < -0.4 is 0 Å². The van der Waals surface area contributed by atoms with E-state index in [4.69, 9.17) is 4.84 Å². The molecular formula is C21H19F2N3O2. The lowest BCUT2D eigenvalue weighted by Crippen LogP contribution is -2.41. The molecule has 2 heterocycles. The number of halogens is 2. The molecule has 1 atom stereocenters. The molecule has 5 rings (SSSR count). The van der Waals surface area contributed by atoms with Gasteiger partial charge in [-0.2, -0.15) is 0 Å². The molecule has 0 radical (unpaired) electrons. The molecule has 5 nitrogen and oxygen atoms in total. The molecule has 1 aromatic heterocycles. The number of hydrogen-bond donors (Lipinski definition) is 0. The van der Waals surface area contributed by atoms with Crippen LogP contribution in [0.25, 0.3) is 11.0 Å². The number of rotatable bonds is 3. The van der Waals surface area contributed by atoms with Crippen molar-refractivity contribution in [1.29, 1.82) is 0 Å². The summed E-state index contributed by atoms with van der Waals surface area (Å²) in [6, 6.07) is 11.0. The Labute approximate surface area is 160 Å². The lowest BCUT2D eigenvalue weighted by molar-refractivity contribution is -0.185. The van der Waals surface area contributed by atoms with E-state index in [1.54, 1.807) is 0 Å². The molecule has 0 N–H and O–H groups in total. The lowest BCUT2D eigenvalue weighted by Gasteiger charge is -2.38. The zero-order valence-electron chi connectivity index (χ0n) is 15.1. The largest absolute Gasteiger partial charge is 0.327 e. The van der Waals surface area contributed by atoms with Crippen molar-refractivity contribution in [2.24, 2.45) is 5.92 Å². The van der Waals surface area contributed by atoms with E-state index in [9.17, 15) is 13.6 Å². The molecule has 2 fully saturated rings. The molecule has 0 spiro atoms. The molecular weight excluding hydrogens is 364 g/mol. The fourth-order valence-electron chi connectivity index (χ4n) is 4.22. The van der Waals surface area contributed by atoms with Crippen LogP contribution in [0.5, 0.6) is 0 Å². The predicted octanol–water partition coefficient (Wildman–Crippen LogP) is 4.17. The van der Waals surface area contributed by atoms with Gasteiger partial charge in [0.2, 0.25) is 5.91 Å². The number of fused-ring (bicyclic) bond motifs is 1. The summed E-state index contributed by atoms with van der Waals surface area (Å²) in [7, 11) is 0. The molecule has 0 unspecified atom stereocenters. The van der Waals surface area contributed by atoms with Crippen LogP contribution in [0.1, 0.15) is 36.9 Å². The molecule has 1 saturated heterocycles. The van der Waals surface area contributed by atoms with Gasteiger partial charge in [-0.1, -0.05) is 12.1 Å². The summed E-state index contributed by atoms with van der Waals surface area (Å²) in [6.07, 6.45) is 3.74. The Kier molecular flexibility index (Phi) is 4.12. The predicted molar refractivity (Wildman–Crippen MR) is 98.0 cm³/mol. The van der Waals surface area contributed by atoms with E-state index in [2.05, 4.69) is 9.55 Å². The van der Waals surface area contributed by atoms with E-state index in [0.29, 0.717) is 31.4 Å². The lowest BCUT2D eigenvalue weighted by atomic mass is 9.79. The molecule has 1 aliphatic carbocycles. The first-order valence-corrected chi connectivity index (χ1v) is 9.43. The number of aromatic nitrogens is 2. The van der Waals surface area contributed by atoms with E-state index in [0.717, 1.165) is 17.1 Å².